The van der Waals surface area contributed by atoms with Gasteiger partial charge in [-0.2, -0.15) is 0 Å². The number of benzene rings is 1. The fourth-order valence-electron chi connectivity index (χ4n) is 1.79. The van der Waals surface area contributed by atoms with Crippen molar-refractivity contribution in [2.24, 2.45) is 0 Å². The van der Waals surface area contributed by atoms with Gasteiger partial charge in [-0.3, -0.25) is 15.6 Å². The number of hydrogen-bond acceptors (Lipinski definition) is 4. The summed E-state index contributed by atoms with van der Waals surface area (Å²) >= 11 is 12.7. The molecule has 0 unspecified atom stereocenters. The first-order chi connectivity index (χ1) is 10.6. The number of thiocarbonyl (C=S) groups is 1. The molecule has 0 spiro atoms. The first kappa shape index (κ1) is 17.0. The van der Waals surface area contributed by atoms with E-state index in [0.29, 0.717) is 28.2 Å². The van der Waals surface area contributed by atoms with Crippen molar-refractivity contribution in [1.82, 2.24) is 16.2 Å². The number of hydrazine groups is 1. The summed E-state index contributed by atoms with van der Waals surface area (Å²) < 4.78 is 5.91. The van der Waals surface area contributed by atoms with Crippen molar-refractivity contribution in [1.29, 1.82) is 0 Å². The van der Waals surface area contributed by atoms with Gasteiger partial charge in [0.15, 0.2) is 5.11 Å². The monoisotopic (exact) mass is 357 g/mol. The SMILES string of the molecule is COCCCNC(=S)NNC(=O)c1sc2ccccc2c1Cl. The van der Waals surface area contributed by atoms with Gasteiger partial charge in [-0.25, -0.2) is 0 Å². The maximum absolute atomic E-state index is 12.2. The minimum absolute atomic E-state index is 0.313. The summed E-state index contributed by atoms with van der Waals surface area (Å²) in [6.07, 6.45) is 0.828. The van der Waals surface area contributed by atoms with E-state index in [1.807, 2.05) is 24.3 Å². The van der Waals surface area contributed by atoms with E-state index in [4.69, 9.17) is 28.6 Å². The zero-order chi connectivity index (χ0) is 15.9. The number of carbonyl (C=O) groups excluding carboxylic acids is 1. The first-order valence-electron chi connectivity index (χ1n) is 6.63. The molecule has 118 valence electrons. The third-order valence-corrected chi connectivity index (χ3v) is 4.76. The number of methoxy groups -OCH3 is 1. The van der Waals surface area contributed by atoms with Crippen molar-refractivity contribution in [2.75, 3.05) is 20.3 Å². The van der Waals surface area contributed by atoms with Crippen LogP contribution in [0.15, 0.2) is 24.3 Å². The number of nitrogens with one attached hydrogen (secondary N) is 3. The molecule has 0 bridgehead atoms. The van der Waals surface area contributed by atoms with Gasteiger partial charge in [-0.05, 0) is 24.7 Å². The van der Waals surface area contributed by atoms with Crippen LogP contribution in [0.5, 0.6) is 0 Å². The second kappa shape index (κ2) is 8.28. The van der Waals surface area contributed by atoms with Crippen LogP contribution in [0.4, 0.5) is 0 Å². The summed E-state index contributed by atoms with van der Waals surface area (Å²) in [5, 5.41) is 4.64. The summed E-state index contributed by atoms with van der Waals surface area (Å²) in [5.41, 5.74) is 5.20. The number of thiophene rings is 1. The third-order valence-electron chi connectivity index (χ3n) is 2.84. The molecule has 0 aliphatic heterocycles. The highest BCUT2D eigenvalue weighted by Crippen LogP contribution is 2.34. The van der Waals surface area contributed by atoms with E-state index in [-0.39, 0.29) is 5.91 Å². The molecule has 5 nitrogen and oxygen atoms in total. The van der Waals surface area contributed by atoms with Gasteiger partial charge in [0.2, 0.25) is 0 Å². The summed E-state index contributed by atoms with van der Waals surface area (Å²) in [7, 11) is 1.64. The summed E-state index contributed by atoms with van der Waals surface area (Å²) in [6.45, 7) is 1.32. The standard InChI is InChI=1S/C14H16ClN3O2S2/c1-20-8-4-7-16-14(21)18-17-13(19)12-11(15)9-5-2-3-6-10(9)22-12/h2-3,5-6H,4,7-8H2,1H3,(H,17,19)(H2,16,18,21). The van der Waals surface area contributed by atoms with E-state index in [0.717, 1.165) is 16.5 Å². The maximum Gasteiger partial charge on any atom is 0.281 e. The smallest absolute Gasteiger partial charge is 0.281 e. The number of halogens is 1. The highest BCUT2D eigenvalue weighted by atomic mass is 35.5. The molecule has 1 aromatic carbocycles. The van der Waals surface area contributed by atoms with Gasteiger partial charge in [-0.15, -0.1) is 11.3 Å². The molecule has 0 aliphatic carbocycles. The minimum atomic E-state index is -0.313. The number of amides is 1. The Bertz CT molecular complexity index is 675. The van der Waals surface area contributed by atoms with Crippen LogP contribution in [-0.4, -0.2) is 31.3 Å². The molecule has 0 saturated carbocycles. The molecule has 0 saturated heterocycles. The summed E-state index contributed by atoms with van der Waals surface area (Å²) in [6, 6.07) is 7.62. The van der Waals surface area contributed by atoms with Crippen molar-refractivity contribution in [3.8, 4) is 0 Å². The fourth-order valence-corrected chi connectivity index (χ4v) is 3.36. The van der Waals surface area contributed by atoms with Crippen molar-refractivity contribution >= 4 is 56.3 Å². The molecule has 0 fully saturated rings. The first-order valence-corrected chi connectivity index (χ1v) is 8.24. The molecular formula is C14H16ClN3O2S2. The second-order valence-corrected chi connectivity index (χ2v) is 6.26. The van der Waals surface area contributed by atoms with E-state index < -0.39 is 0 Å². The Morgan fingerprint density at radius 3 is 2.86 bits per heavy atom. The van der Waals surface area contributed by atoms with Crippen LogP contribution in [0.2, 0.25) is 5.02 Å². The van der Waals surface area contributed by atoms with Crippen LogP contribution in [-0.2, 0) is 4.74 Å². The number of carbonyl (C=O) groups is 1. The minimum Gasteiger partial charge on any atom is -0.385 e. The lowest BCUT2D eigenvalue weighted by molar-refractivity contribution is 0.0948. The average Bonchev–Trinajstić information content (AvgIpc) is 2.87. The molecule has 0 radical (unpaired) electrons. The maximum atomic E-state index is 12.2. The molecule has 2 rings (SSSR count). The van der Waals surface area contributed by atoms with Gasteiger partial charge >= 0.3 is 0 Å². The van der Waals surface area contributed by atoms with Gasteiger partial charge in [0.1, 0.15) is 4.88 Å². The lowest BCUT2D eigenvalue weighted by Gasteiger charge is -2.10. The molecule has 1 aromatic heterocycles. The second-order valence-electron chi connectivity index (χ2n) is 4.42. The number of rotatable bonds is 5. The quantitative estimate of drug-likeness (QED) is 0.436. The molecule has 1 heterocycles. The highest BCUT2D eigenvalue weighted by Gasteiger charge is 2.16. The van der Waals surface area contributed by atoms with Crippen LogP contribution < -0.4 is 16.2 Å². The van der Waals surface area contributed by atoms with Gasteiger partial charge in [0.25, 0.3) is 5.91 Å². The Morgan fingerprint density at radius 2 is 2.14 bits per heavy atom. The van der Waals surface area contributed by atoms with E-state index in [9.17, 15) is 4.79 Å². The largest absolute Gasteiger partial charge is 0.385 e. The van der Waals surface area contributed by atoms with E-state index in [1.165, 1.54) is 11.3 Å². The van der Waals surface area contributed by atoms with E-state index in [1.54, 1.807) is 7.11 Å². The molecule has 0 atom stereocenters. The van der Waals surface area contributed by atoms with Gasteiger partial charge < -0.3 is 10.1 Å². The Kier molecular flexibility index (Phi) is 6.38. The predicted molar refractivity (Wildman–Crippen MR) is 94.5 cm³/mol. The molecular weight excluding hydrogens is 342 g/mol. The van der Waals surface area contributed by atoms with Crippen LogP contribution in [0.1, 0.15) is 16.1 Å². The summed E-state index contributed by atoms with van der Waals surface area (Å²) in [5.74, 6) is -0.313. The van der Waals surface area contributed by atoms with Gasteiger partial charge in [0, 0.05) is 30.3 Å². The van der Waals surface area contributed by atoms with Crippen LogP contribution >= 0.6 is 35.2 Å². The zero-order valence-corrected chi connectivity index (χ0v) is 14.3. The van der Waals surface area contributed by atoms with Crippen LogP contribution in [0.3, 0.4) is 0 Å². The lowest BCUT2D eigenvalue weighted by Crippen LogP contribution is -2.46. The van der Waals surface area contributed by atoms with E-state index in [2.05, 4.69) is 16.2 Å². The molecule has 1 amide bonds. The molecule has 3 N–H and O–H groups in total. The molecule has 0 aliphatic rings. The number of fused-ring (bicyclic) bond motifs is 1. The Labute approximate surface area is 142 Å². The van der Waals surface area contributed by atoms with Crippen LogP contribution in [0, 0.1) is 0 Å². The predicted octanol–water partition coefficient (Wildman–Crippen LogP) is 2.70. The highest BCUT2D eigenvalue weighted by molar-refractivity contribution is 7.80. The lowest BCUT2D eigenvalue weighted by atomic mass is 10.2. The average molecular weight is 358 g/mol. The van der Waals surface area contributed by atoms with Crippen molar-refractivity contribution < 1.29 is 9.53 Å². The Hall–Kier alpha value is -1.41. The zero-order valence-electron chi connectivity index (χ0n) is 11.9. The van der Waals surface area contributed by atoms with Crippen molar-refractivity contribution in [2.45, 2.75) is 6.42 Å². The van der Waals surface area contributed by atoms with Crippen LogP contribution in [0.25, 0.3) is 10.1 Å². The van der Waals surface area contributed by atoms with Gasteiger partial charge in [-0.1, -0.05) is 29.8 Å². The van der Waals surface area contributed by atoms with Gasteiger partial charge in [0.05, 0.1) is 5.02 Å². The third kappa shape index (κ3) is 4.30. The summed E-state index contributed by atoms with van der Waals surface area (Å²) in [4.78, 5) is 12.6. The Balaban J connectivity index is 1.89. The van der Waals surface area contributed by atoms with E-state index >= 15 is 0 Å². The fraction of sp³-hybridized carbons (Fsp3) is 0.286. The number of hydrogen-bond donors (Lipinski definition) is 3. The topological polar surface area (TPSA) is 62.4 Å². The van der Waals surface area contributed by atoms with Crippen molar-refractivity contribution in [3.63, 3.8) is 0 Å². The Morgan fingerprint density at radius 1 is 1.36 bits per heavy atom. The molecule has 2 aromatic rings. The molecule has 22 heavy (non-hydrogen) atoms. The number of ether oxygens (including phenoxy) is 1. The normalized spacial score (nSPS) is 10.5. The molecule has 8 heteroatoms. The van der Waals surface area contributed by atoms with Crippen molar-refractivity contribution in [3.05, 3.63) is 34.2 Å².